The molecule has 2 N–H and O–H groups in total. The van der Waals surface area contributed by atoms with Crippen molar-refractivity contribution in [1.82, 2.24) is 15.5 Å². The van der Waals surface area contributed by atoms with E-state index in [2.05, 4.69) is 10.6 Å². The molecule has 2 saturated heterocycles. The van der Waals surface area contributed by atoms with Gasteiger partial charge in [0.1, 0.15) is 6.04 Å². The number of thioether (sulfide) groups is 1. The van der Waals surface area contributed by atoms with Crippen LogP contribution in [0.5, 0.6) is 0 Å². The Labute approximate surface area is 125 Å². The van der Waals surface area contributed by atoms with Crippen LogP contribution in [0.4, 0.5) is 0 Å². The molecule has 0 spiro atoms. The van der Waals surface area contributed by atoms with Gasteiger partial charge in [-0.3, -0.25) is 9.59 Å². The van der Waals surface area contributed by atoms with Crippen LogP contribution >= 0.6 is 11.8 Å². The lowest BCUT2D eigenvalue weighted by molar-refractivity contribution is -0.138. The van der Waals surface area contributed by atoms with Gasteiger partial charge in [-0.05, 0) is 38.3 Å². The highest BCUT2D eigenvalue weighted by molar-refractivity contribution is 7.99. The zero-order valence-corrected chi connectivity index (χ0v) is 13.0. The van der Waals surface area contributed by atoms with Crippen molar-refractivity contribution in [1.29, 1.82) is 0 Å². The van der Waals surface area contributed by atoms with Crippen molar-refractivity contribution >= 4 is 23.6 Å². The molecule has 20 heavy (non-hydrogen) atoms. The van der Waals surface area contributed by atoms with Crippen molar-refractivity contribution in [2.75, 3.05) is 31.3 Å². The summed E-state index contributed by atoms with van der Waals surface area (Å²) in [5.74, 6) is 2.04. The van der Waals surface area contributed by atoms with Gasteiger partial charge >= 0.3 is 0 Å². The smallest absolute Gasteiger partial charge is 0.243 e. The number of rotatable bonds is 5. The Kier molecular flexibility index (Phi) is 6.16. The van der Waals surface area contributed by atoms with Crippen molar-refractivity contribution < 1.29 is 9.59 Å². The van der Waals surface area contributed by atoms with Gasteiger partial charge in [-0.2, -0.15) is 0 Å². The van der Waals surface area contributed by atoms with Gasteiger partial charge in [0.15, 0.2) is 0 Å². The normalized spacial score (nSPS) is 26.6. The molecule has 2 amide bonds. The van der Waals surface area contributed by atoms with Gasteiger partial charge in [0.2, 0.25) is 11.8 Å². The van der Waals surface area contributed by atoms with Crippen LogP contribution < -0.4 is 10.6 Å². The van der Waals surface area contributed by atoms with E-state index in [1.165, 1.54) is 12.8 Å². The Bertz CT molecular complexity index is 345. The summed E-state index contributed by atoms with van der Waals surface area (Å²) in [6.45, 7) is 4.79. The fourth-order valence-corrected chi connectivity index (χ4v) is 3.90. The molecule has 2 atom stereocenters. The number of carbonyl (C=O) groups excluding carboxylic acids is 2. The lowest BCUT2D eigenvalue weighted by Gasteiger charge is -2.26. The predicted molar refractivity (Wildman–Crippen MR) is 81.5 cm³/mol. The summed E-state index contributed by atoms with van der Waals surface area (Å²) in [5.41, 5.74) is 0. The van der Waals surface area contributed by atoms with E-state index < -0.39 is 0 Å². The minimum absolute atomic E-state index is 0.0185. The van der Waals surface area contributed by atoms with E-state index in [4.69, 9.17) is 0 Å². The Morgan fingerprint density at radius 2 is 2.30 bits per heavy atom. The van der Waals surface area contributed by atoms with Crippen LogP contribution in [-0.2, 0) is 9.59 Å². The molecule has 6 heteroatoms. The zero-order chi connectivity index (χ0) is 14.4. The molecule has 5 nitrogen and oxygen atoms in total. The molecule has 0 bridgehead atoms. The number of nitrogens with one attached hydrogen (secondary N) is 2. The van der Waals surface area contributed by atoms with Crippen LogP contribution in [-0.4, -0.2) is 54.0 Å². The fourth-order valence-electron chi connectivity index (χ4n) is 2.72. The molecule has 114 valence electrons. The van der Waals surface area contributed by atoms with Gasteiger partial charge in [0, 0.05) is 18.7 Å². The average Bonchev–Trinajstić information content (AvgIpc) is 2.96. The van der Waals surface area contributed by atoms with Gasteiger partial charge in [-0.25, -0.2) is 0 Å². The number of piperidine rings is 1. The van der Waals surface area contributed by atoms with Crippen LogP contribution in [0.15, 0.2) is 0 Å². The highest BCUT2D eigenvalue weighted by Gasteiger charge is 2.34. The van der Waals surface area contributed by atoms with Gasteiger partial charge in [-0.1, -0.05) is 6.92 Å². The van der Waals surface area contributed by atoms with Crippen molar-refractivity contribution in [2.45, 2.75) is 38.6 Å². The standard InChI is InChI=1S/C14H25N3O2S/c1-2-4-13(18)17-10-20-9-12(17)14(19)16-8-11-5-3-6-15-7-11/h11-12,15H,2-10H2,1H3,(H,16,19). The quantitative estimate of drug-likeness (QED) is 0.788. The first-order valence-electron chi connectivity index (χ1n) is 7.58. The maximum Gasteiger partial charge on any atom is 0.243 e. The molecule has 0 aliphatic carbocycles. The van der Waals surface area contributed by atoms with E-state index in [0.717, 1.165) is 31.8 Å². The van der Waals surface area contributed by atoms with Crippen LogP contribution in [0.25, 0.3) is 0 Å². The Morgan fingerprint density at radius 1 is 1.45 bits per heavy atom. The summed E-state index contributed by atoms with van der Waals surface area (Å²) in [6.07, 6.45) is 3.73. The third-order valence-electron chi connectivity index (χ3n) is 3.93. The predicted octanol–water partition coefficient (Wildman–Crippen LogP) is 0.804. The molecule has 2 aliphatic heterocycles. The molecular formula is C14H25N3O2S. The number of nitrogens with zero attached hydrogens (tertiary/aromatic N) is 1. The maximum atomic E-state index is 12.3. The summed E-state index contributed by atoms with van der Waals surface area (Å²) in [4.78, 5) is 26.0. The van der Waals surface area contributed by atoms with Crippen molar-refractivity contribution in [3.05, 3.63) is 0 Å². The van der Waals surface area contributed by atoms with Crippen LogP contribution in [0.3, 0.4) is 0 Å². The molecule has 2 unspecified atom stereocenters. The number of hydrogen-bond acceptors (Lipinski definition) is 4. The topological polar surface area (TPSA) is 61.4 Å². The lowest BCUT2D eigenvalue weighted by Crippen LogP contribution is -2.49. The van der Waals surface area contributed by atoms with Crippen LogP contribution in [0.2, 0.25) is 0 Å². The second-order valence-electron chi connectivity index (χ2n) is 5.59. The van der Waals surface area contributed by atoms with Crippen molar-refractivity contribution in [2.24, 2.45) is 5.92 Å². The number of hydrogen-bond donors (Lipinski definition) is 2. The Balaban J connectivity index is 1.79. The number of amides is 2. The van der Waals surface area contributed by atoms with E-state index in [1.54, 1.807) is 16.7 Å². The summed E-state index contributed by atoms with van der Waals surface area (Å²) >= 11 is 1.67. The van der Waals surface area contributed by atoms with Crippen molar-refractivity contribution in [3.8, 4) is 0 Å². The minimum Gasteiger partial charge on any atom is -0.354 e. The molecule has 0 aromatic heterocycles. The first-order valence-corrected chi connectivity index (χ1v) is 8.73. The molecular weight excluding hydrogens is 274 g/mol. The minimum atomic E-state index is -0.268. The molecule has 2 aliphatic rings. The van der Waals surface area contributed by atoms with Crippen LogP contribution in [0.1, 0.15) is 32.6 Å². The first-order chi connectivity index (χ1) is 9.72. The molecule has 0 radical (unpaired) electrons. The monoisotopic (exact) mass is 299 g/mol. The highest BCUT2D eigenvalue weighted by atomic mass is 32.2. The van der Waals surface area contributed by atoms with Gasteiger partial charge in [0.05, 0.1) is 5.88 Å². The third-order valence-corrected chi connectivity index (χ3v) is 4.95. The van der Waals surface area contributed by atoms with Crippen molar-refractivity contribution in [3.63, 3.8) is 0 Å². The molecule has 0 saturated carbocycles. The summed E-state index contributed by atoms with van der Waals surface area (Å²) < 4.78 is 0. The van der Waals surface area contributed by atoms with Gasteiger partial charge < -0.3 is 15.5 Å². The maximum absolute atomic E-state index is 12.3. The van der Waals surface area contributed by atoms with E-state index >= 15 is 0 Å². The van der Waals surface area contributed by atoms with Gasteiger partial charge in [-0.15, -0.1) is 11.8 Å². The summed E-state index contributed by atoms with van der Waals surface area (Å²) in [5, 5.41) is 6.39. The van der Waals surface area contributed by atoms with Gasteiger partial charge in [0.25, 0.3) is 0 Å². The highest BCUT2D eigenvalue weighted by Crippen LogP contribution is 2.22. The average molecular weight is 299 g/mol. The molecule has 0 aromatic rings. The molecule has 2 fully saturated rings. The molecule has 2 rings (SSSR count). The summed E-state index contributed by atoms with van der Waals surface area (Å²) in [7, 11) is 0. The summed E-state index contributed by atoms with van der Waals surface area (Å²) in [6, 6.07) is -0.268. The SMILES string of the molecule is CCCC(=O)N1CSCC1C(=O)NCC1CCCNC1. The van der Waals surface area contributed by atoms with E-state index in [1.807, 2.05) is 6.92 Å². The zero-order valence-electron chi connectivity index (χ0n) is 12.2. The molecule has 0 aromatic carbocycles. The van der Waals surface area contributed by atoms with E-state index in [-0.39, 0.29) is 17.9 Å². The third kappa shape index (κ3) is 4.12. The largest absolute Gasteiger partial charge is 0.354 e. The molecule has 2 heterocycles. The lowest BCUT2D eigenvalue weighted by atomic mass is 10.00. The van der Waals surface area contributed by atoms with E-state index in [9.17, 15) is 9.59 Å². The Morgan fingerprint density at radius 3 is 3.00 bits per heavy atom. The Hall–Kier alpha value is -0.750. The number of carbonyl (C=O) groups is 2. The van der Waals surface area contributed by atoms with E-state index in [0.29, 0.717) is 18.2 Å². The first kappa shape index (κ1) is 15.6. The van der Waals surface area contributed by atoms with Crippen LogP contribution in [0, 0.1) is 5.92 Å². The second kappa shape index (κ2) is 7.88. The second-order valence-corrected chi connectivity index (χ2v) is 6.59. The fraction of sp³-hybridized carbons (Fsp3) is 0.857.